The van der Waals surface area contributed by atoms with Crippen LogP contribution in [0.3, 0.4) is 0 Å². The minimum Gasteiger partial charge on any atom is -0.398 e. The van der Waals surface area contributed by atoms with Crippen LogP contribution in [0.15, 0.2) is 29.3 Å². The number of halogens is 2. The normalized spacial score (nSPS) is 11.3. The summed E-state index contributed by atoms with van der Waals surface area (Å²) in [5.41, 5.74) is 6.38. The van der Waals surface area contributed by atoms with Gasteiger partial charge in [-0.15, -0.1) is 0 Å². The van der Waals surface area contributed by atoms with Crippen LogP contribution in [-0.2, 0) is 10.0 Å². The van der Waals surface area contributed by atoms with E-state index in [0.29, 0.717) is 5.56 Å². The molecule has 3 N–H and O–H groups in total. The Morgan fingerprint density at radius 3 is 2.65 bits per heavy atom. The lowest BCUT2D eigenvalue weighted by Crippen LogP contribution is -2.16. The molecule has 2 aromatic rings. The third-order valence-corrected chi connectivity index (χ3v) is 4.38. The van der Waals surface area contributed by atoms with Gasteiger partial charge in [0.2, 0.25) is 5.95 Å². The average Bonchev–Trinajstić information content (AvgIpc) is 2.33. The van der Waals surface area contributed by atoms with Gasteiger partial charge in [0.05, 0.1) is 4.90 Å². The van der Waals surface area contributed by atoms with E-state index in [-0.39, 0.29) is 26.7 Å². The first-order valence-electron chi connectivity index (χ1n) is 5.36. The van der Waals surface area contributed by atoms with Crippen LogP contribution in [0.4, 0.5) is 11.6 Å². The molecule has 6 nitrogen and oxygen atoms in total. The maximum atomic E-state index is 12.3. The SMILES string of the molecule is Cc1c(N)cc(Cl)cc1S(=O)(=O)Nc1nccc(Cl)n1. The molecule has 0 saturated carbocycles. The van der Waals surface area contributed by atoms with E-state index in [4.69, 9.17) is 28.9 Å². The van der Waals surface area contributed by atoms with E-state index in [1.165, 1.54) is 24.4 Å². The molecule has 0 aliphatic heterocycles. The van der Waals surface area contributed by atoms with Crippen LogP contribution in [0.5, 0.6) is 0 Å². The average molecular weight is 333 g/mol. The predicted molar refractivity (Wildman–Crippen MR) is 78.5 cm³/mol. The Morgan fingerprint density at radius 1 is 1.30 bits per heavy atom. The second-order valence-electron chi connectivity index (χ2n) is 3.93. The minimum atomic E-state index is -3.90. The molecule has 0 atom stereocenters. The van der Waals surface area contributed by atoms with Crippen molar-refractivity contribution < 1.29 is 8.42 Å². The van der Waals surface area contributed by atoms with Crippen molar-refractivity contribution in [2.24, 2.45) is 0 Å². The summed E-state index contributed by atoms with van der Waals surface area (Å²) in [6, 6.07) is 4.22. The van der Waals surface area contributed by atoms with Crippen molar-refractivity contribution in [2.75, 3.05) is 10.5 Å². The van der Waals surface area contributed by atoms with Crippen molar-refractivity contribution >= 4 is 44.9 Å². The molecule has 0 fully saturated rings. The highest BCUT2D eigenvalue weighted by Gasteiger charge is 2.20. The molecule has 1 heterocycles. The lowest BCUT2D eigenvalue weighted by atomic mass is 10.2. The van der Waals surface area contributed by atoms with Gasteiger partial charge < -0.3 is 5.73 Å². The Morgan fingerprint density at radius 2 is 2.00 bits per heavy atom. The maximum absolute atomic E-state index is 12.3. The fraction of sp³-hybridized carbons (Fsp3) is 0.0909. The van der Waals surface area contributed by atoms with Crippen LogP contribution in [-0.4, -0.2) is 18.4 Å². The molecule has 9 heteroatoms. The van der Waals surface area contributed by atoms with Gasteiger partial charge in [-0.25, -0.2) is 23.1 Å². The zero-order valence-electron chi connectivity index (χ0n) is 10.3. The molecule has 1 aromatic heterocycles. The summed E-state index contributed by atoms with van der Waals surface area (Å²) in [4.78, 5) is 7.50. The smallest absolute Gasteiger partial charge is 0.264 e. The van der Waals surface area contributed by atoms with E-state index in [2.05, 4.69) is 14.7 Å². The molecule has 20 heavy (non-hydrogen) atoms. The fourth-order valence-electron chi connectivity index (χ4n) is 1.51. The van der Waals surface area contributed by atoms with Gasteiger partial charge in [0, 0.05) is 16.9 Å². The van der Waals surface area contributed by atoms with Crippen molar-refractivity contribution in [3.05, 3.63) is 40.1 Å². The van der Waals surface area contributed by atoms with Gasteiger partial charge in [-0.1, -0.05) is 23.2 Å². The number of anilines is 2. The van der Waals surface area contributed by atoms with Gasteiger partial charge in [0.1, 0.15) is 5.15 Å². The Hall–Kier alpha value is -1.57. The second kappa shape index (κ2) is 5.43. The number of nitrogens with zero attached hydrogens (tertiary/aromatic N) is 2. The third kappa shape index (κ3) is 3.12. The van der Waals surface area contributed by atoms with Crippen LogP contribution in [0.2, 0.25) is 10.2 Å². The molecule has 0 amide bonds. The summed E-state index contributed by atoms with van der Waals surface area (Å²) in [6.45, 7) is 1.58. The van der Waals surface area contributed by atoms with Crippen LogP contribution in [0.25, 0.3) is 0 Å². The standard InChI is InChI=1S/C11H10Cl2N4O2S/c1-6-8(14)4-7(12)5-9(6)20(18,19)17-11-15-3-2-10(13)16-11/h2-5H,14H2,1H3,(H,15,16,17). The summed E-state index contributed by atoms with van der Waals surface area (Å²) in [5.74, 6) is -0.129. The van der Waals surface area contributed by atoms with Crippen molar-refractivity contribution in [2.45, 2.75) is 11.8 Å². The Balaban J connectivity index is 2.46. The summed E-state index contributed by atoms with van der Waals surface area (Å²) >= 11 is 11.5. The molecule has 0 saturated heterocycles. The maximum Gasteiger partial charge on any atom is 0.264 e. The number of rotatable bonds is 3. The monoisotopic (exact) mass is 332 g/mol. The highest BCUT2D eigenvalue weighted by Crippen LogP contribution is 2.27. The van der Waals surface area contributed by atoms with Crippen molar-refractivity contribution in [1.29, 1.82) is 0 Å². The van der Waals surface area contributed by atoms with Crippen molar-refractivity contribution in [1.82, 2.24) is 9.97 Å². The Labute approximate surface area is 126 Å². The van der Waals surface area contributed by atoms with Crippen molar-refractivity contribution in [3.63, 3.8) is 0 Å². The van der Waals surface area contributed by atoms with Gasteiger partial charge in [-0.2, -0.15) is 0 Å². The van der Waals surface area contributed by atoms with E-state index >= 15 is 0 Å². The predicted octanol–water partition coefficient (Wildman–Crippen LogP) is 2.47. The van der Waals surface area contributed by atoms with E-state index in [0.717, 1.165) is 0 Å². The fourth-order valence-corrected chi connectivity index (χ4v) is 3.19. The van der Waals surface area contributed by atoms with Gasteiger partial charge >= 0.3 is 0 Å². The number of hydrogen-bond donors (Lipinski definition) is 2. The van der Waals surface area contributed by atoms with Gasteiger partial charge in [0.15, 0.2) is 0 Å². The lowest BCUT2D eigenvalue weighted by molar-refractivity contribution is 0.600. The van der Waals surface area contributed by atoms with E-state index in [1.54, 1.807) is 6.92 Å². The van der Waals surface area contributed by atoms with Gasteiger partial charge in [-0.3, -0.25) is 0 Å². The zero-order chi connectivity index (χ0) is 14.9. The molecular weight excluding hydrogens is 323 g/mol. The van der Waals surface area contributed by atoms with Crippen LogP contribution < -0.4 is 10.5 Å². The molecule has 0 radical (unpaired) electrons. The van der Waals surface area contributed by atoms with E-state index in [1.807, 2.05) is 0 Å². The first kappa shape index (κ1) is 14.8. The minimum absolute atomic E-state index is 0.0360. The molecule has 0 bridgehead atoms. The highest BCUT2D eigenvalue weighted by atomic mass is 35.5. The number of nitrogen functional groups attached to an aromatic ring is 1. The molecular formula is C11H10Cl2N4O2S. The summed E-state index contributed by atoms with van der Waals surface area (Å²) < 4.78 is 26.8. The van der Waals surface area contributed by atoms with Crippen molar-refractivity contribution in [3.8, 4) is 0 Å². The van der Waals surface area contributed by atoms with Crippen LogP contribution in [0, 0.1) is 6.92 Å². The molecule has 0 aliphatic carbocycles. The number of nitrogens with one attached hydrogen (secondary N) is 1. The third-order valence-electron chi connectivity index (χ3n) is 2.50. The molecule has 0 spiro atoms. The summed E-state index contributed by atoms with van der Waals surface area (Å²) in [6.07, 6.45) is 1.34. The number of nitrogens with two attached hydrogens (primary N) is 1. The number of aromatic nitrogens is 2. The zero-order valence-corrected chi connectivity index (χ0v) is 12.6. The molecule has 106 valence electrons. The van der Waals surface area contributed by atoms with Gasteiger partial charge in [0.25, 0.3) is 10.0 Å². The number of sulfonamides is 1. The molecule has 0 unspecified atom stereocenters. The first-order chi connectivity index (χ1) is 9.29. The number of hydrogen-bond acceptors (Lipinski definition) is 5. The Kier molecular flexibility index (Phi) is 4.03. The summed E-state index contributed by atoms with van der Waals surface area (Å²) in [7, 11) is -3.90. The topological polar surface area (TPSA) is 98.0 Å². The van der Waals surface area contributed by atoms with Crippen LogP contribution >= 0.6 is 23.2 Å². The van der Waals surface area contributed by atoms with E-state index in [9.17, 15) is 8.42 Å². The lowest BCUT2D eigenvalue weighted by Gasteiger charge is -2.11. The first-order valence-corrected chi connectivity index (χ1v) is 7.60. The van der Waals surface area contributed by atoms with Gasteiger partial charge in [-0.05, 0) is 30.7 Å². The second-order valence-corrected chi connectivity index (χ2v) is 6.40. The largest absolute Gasteiger partial charge is 0.398 e. The molecule has 2 rings (SSSR count). The summed E-state index contributed by atoms with van der Waals surface area (Å²) in [5, 5.41) is 0.348. The van der Waals surface area contributed by atoms with Crippen LogP contribution in [0.1, 0.15) is 5.56 Å². The molecule has 1 aromatic carbocycles. The number of benzene rings is 1. The van der Waals surface area contributed by atoms with E-state index < -0.39 is 10.0 Å². The quantitative estimate of drug-likeness (QED) is 0.664. The molecule has 0 aliphatic rings. The Bertz CT molecular complexity index is 765. The highest BCUT2D eigenvalue weighted by molar-refractivity contribution is 7.92.